The maximum absolute atomic E-state index is 11.3. The molecule has 1 rings (SSSR count). The lowest BCUT2D eigenvalue weighted by Crippen LogP contribution is -2.42. The third kappa shape index (κ3) is 2.13. The van der Waals surface area contributed by atoms with Crippen LogP contribution in [0.15, 0.2) is 24.3 Å². The van der Waals surface area contributed by atoms with E-state index in [1.165, 1.54) is 0 Å². The highest BCUT2D eigenvalue weighted by Gasteiger charge is 2.37. The van der Waals surface area contributed by atoms with Crippen LogP contribution in [0.25, 0.3) is 0 Å². The molecule has 82 valence electrons. The molecular formula is C11H14ClNO2. The molecule has 0 heterocycles. The molecule has 0 saturated carbocycles. The molecule has 1 unspecified atom stereocenters. The number of carbonyl (C=O) groups is 1. The zero-order valence-corrected chi connectivity index (χ0v) is 9.29. The van der Waals surface area contributed by atoms with Gasteiger partial charge in [-0.1, -0.05) is 30.7 Å². The quantitative estimate of drug-likeness (QED) is 0.827. The Balaban J connectivity index is 3.20. The van der Waals surface area contributed by atoms with Gasteiger partial charge >= 0.3 is 5.97 Å². The average Bonchev–Trinajstić information content (AvgIpc) is 2.22. The van der Waals surface area contributed by atoms with Crippen molar-refractivity contribution < 1.29 is 9.90 Å². The minimum Gasteiger partial charge on any atom is -0.481 e. The molecule has 0 aliphatic heterocycles. The first-order valence-electron chi connectivity index (χ1n) is 4.76. The van der Waals surface area contributed by atoms with E-state index < -0.39 is 11.4 Å². The molecule has 0 aliphatic rings. The predicted molar refractivity (Wildman–Crippen MR) is 60.1 cm³/mol. The van der Waals surface area contributed by atoms with E-state index in [0.717, 1.165) is 0 Å². The van der Waals surface area contributed by atoms with Gasteiger partial charge in [-0.3, -0.25) is 4.79 Å². The average molecular weight is 228 g/mol. The van der Waals surface area contributed by atoms with Gasteiger partial charge in [0.15, 0.2) is 0 Å². The molecule has 15 heavy (non-hydrogen) atoms. The summed E-state index contributed by atoms with van der Waals surface area (Å²) in [7, 11) is 0. The zero-order valence-electron chi connectivity index (χ0n) is 8.53. The van der Waals surface area contributed by atoms with Gasteiger partial charge in [0, 0.05) is 11.6 Å². The molecule has 0 saturated heterocycles. The van der Waals surface area contributed by atoms with Gasteiger partial charge in [-0.15, -0.1) is 0 Å². The SMILES string of the molecule is CCC(CN)(C(=O)O)c1ccc(Cl)cc1. The van der Waals surface area contributed by atoms with Crippen LogP contribution in [0.4, 0.5) is 0 Å². The van der Waals surface area contributed by atoms with E-state index >= 15 is 0 Å². The Kier molecular flexibility index (Phi) is 3.72. The summed E-state index contributed by atoms with van der Waals surface area (Å²) in [5.74, 6) is -0.894. The van der Waals surface area contributed by atoms with Crippen molar-refractivity contribution >= 4 is 17.6 Å². The van der Waals surface area contributed by atoms with Crippen LogP contribution in [-0.4, -0.2) is 17.6 Å². The minimum atomic E-state index is -0.995. The molecule has 4 heteroatoms. The predicted octanol–water partition coefficient (Wildman–Crippen LogP) is 2.03. The van der Waals surface area contributed by atoms with E-state index in [1.54, 1.807) is 24.3 Å². The summed E-state index contributed by atoms with van der Waals surface area (Å²) in [5.41, 5.74) is 5.28. The van der Waals surface area contributed by atoms with Gasteiger partial charge in [-0.25, -0.2) is 0 Å². The smallest absolute Gasteiger partial charge is 0.315 e. The van der Waals surface area contributed by atoms with E-state index in [2.05, 4.69) is 0 Å². The lowest BCUT2D eigenvalue weighted by atomic mass is 9.78. The van der Waals surface area contributed by atoms with Crippen molar-refractivity contribution in [3.05, 3.63) is 34.9 Å². The van der Waals surface area contributed by atoms with E-state index in [9.17, 15) is 9.90 Å². The number of hydrogen-bond acceptors (Lipinski definition) is 2. The van der Waals surface area contributed by atoms with E-state index in [1.807, 2.05) is 6.92 Å². The summed E-state index contributed by atoms with van der Waals surface area (Å²) in [6.45, 7) is 1.90. The van der Waals surface area contributed by atoms with Crippen molar-refractivity contribution in [2.45, 2.75) is 18.8 Å². The molecule has 0 spiro atoms. The molecule has 0 aromatic heterocycles. The molecule has 0 amide bonds. The largest absolute Gasteiger partial charge is 0.481 e. The third-order valence-electron chi connectivity index (χ3n) is 2.76. The number of carboxylic acid groups (broad SMARTS) is 1. The van der Waals surface area contributed by atoms with Gasteiger partial charge in [0.25, 0.3) is 0 Å². The highest BCUT2D eigenvalue weighted by Crippen LogP contribution is 2.28. The molecule has 1 aromatic carbocycles. The van der Waals surface area contributed by atoms with Crippen LogP contribution < -0.4 is 5.73 Å². The van der Waals surface area contributed by atoms with Crippen LogP contribution in [0.1, 0.15) is 18.9 Å². The van der Waals surface area contributed by atoms with Crippen molar-refractivity contribution in [2.75, 3.05) is 6.54 Å². The zero-order chi connectivity index (χ0) is 11.5. The number of carboxylic acids is 1. The van der Waals surface area contributed by atoms with Crippen molar-refractivity contribution in [2.24, 2.45) is 5.73 Å². The van der Waals surface area contributed by atoms with Crippen molar-refractivity contribution in [3.63, 3.8) is 0 Å². The normalized spacial score (nSPS) is 14.6. The van der Waals surface area contributed by atoms with Gasteiger partial charge < -0.3 is 10.8 Å². The summed E-state index contributed by atoms with van der Waals surface area (Å²) in [6, 6.07) is 6.79. The second kappa shape index (κ2) is 4.64. The Hall–Kier alpha value is -1.06. The number of benzene rings is 1. The molecule has 3 nitrogen and oxygen atoms in total. The second-order valence-electron chi connectivity index (χ2n) is 3.45. The molecule has 3 N–H and O–H groups in total. The van der Waals surface area contributed by atoms with Crippen LogP contribution in [0, 0.1) is 0 Å². The Morgan fingerprint density at radius 2 is 2.00 bits per heavy atom. The van der Waals surface area contributed by atoms with E-state index in [4.69, 9.17) is 17.3 Å². The van der Waals surface area contributed by atoms with Crippen LogP contribution in [0.2, 0.25) is 5.02 Å². The van der Waals surface area contributed by atoms with E-state index in [-0.39, 0.29) is 6.54 Å². The van der Waals surface area contributed by atoms with Gasteiger partial charge in [0.1, 0.15) is 5.41 Å². The number of nitrogens with two attached hydrogens (primary N) is 1. The first-order chi connectivity index (χ1) is 7.06. The Morgan fingerprint density at radius 1 is 1.47 bits per heavy atom. The Labute approximate surface area is 93.9 Å². The Bertz CT molecular complexity index is 344. The highest BCUT2D eigenvalue weighted by atomic mass is 35.5. The maximum atomic E-state index is 11.3. The lowest BCUT2D eigenvalue weighted by molar-refractivity contribution is -0.143. The molecule has 0 radical (unpaired) electrons. The highest BCUT2D eigenvalue weighted by molar-refractivity contribution is 6.30. The summed E-state index contributed by atoms with van der Waals surface area (Å²) < 4.78 is 0. The fourth-order valence-corrected chi connectivity index (χ4v) is 1.72. The second-order valence-corrected chi connectivity index (χ2v) is 3.89. The van der Waals surface area contributed by atoms with Gasteiger partial charge in [-0.05, 0) is 24.1 Å². The van der Waals surface area contributed by atoms with Gasteiger partial charge in [0.2, 0.25) is 0 Å². The van der Waals surface area contributed by atoms with Gasteiger partial charge in [-0.2, -0.15) is 0 Å². The van der Waals surface area contributed by atoms with Crippen LogP contribution in [0.5, 0.6) is 0 Å². The number of halogens is 1. The summed E-state index contributed by atoms with van der Waals surface area (Å²) in [6.07, 6.45) is 0.459. The molecular weight excluding hydrogens is 214 g/mol. The molecule has 0 bridgehead atoms. The fraction of sp³-hybridized carbons (Fsp3) is 0.364. The fourth-order valence-electron chi connectivity index (χ4n) is 1.60. The van der Waals surface area contributed by atoms with Crippen molar-refractivity contribution in [1.29, 1.82) is 0 Å². The number of rotatable bonds is 4. The van der Waals surface area contributed by atoms with Crippen LogP contribution in [0.3, 0.4) is 0 Å². The number of aliphatic carboxylic acids is 1. The Morgan fingerprint density at radius 3 is 2.33 bits per heavy atom. The minimum absolute atomic E-state index is 0.0838. The first kappa shape index (κ1) is 12.0. The van der Waals surface area contributed by atoms with E-state index in [0.29, 0.717) is 17.0 Å². The third-order valence-corrected chi connectivity index (χ3v) is 3.01. The number of hydrogen-bond donors (Lipinski definition) is 2. The molecule has 1 aromatic rings. The van der Waals surface area contributed by atoms with Gasteiger partial charge in [0.05, 0.1) is 0 Å². The van der Waals surface area contributed by atoms with Crippen molar-refractivity contribution in [1.82, 2.24) is 0 Å². The summed E-state index contributed by atoms with van der Waals surface area (Å²) >= 11 is 5.75. The summed E-state index contributed by atoms with van der Waals surface area (Å²) in [4.78, 5) is 11.3. The molecule has 0 aliphatic carbocycles. The molecule has 1 atom stereocenters. The first-order valence-corrected chi connectivity index (χ1v) is 5.14. The van der Waals surface area contributed by atoms with Crippen LogP contribution >= 0.6 is 11.6 Å². The molecule has 0 fully saturated rings. The summed E-state index contributed by atoms with van der Waals surface area (Å²) in [5, 5.41) is 9.82. The topological polar surface area (TPSA) is 63.3 Å². The van der Waals surface area contributed by atoms with Crippen LogP contribution in [-0.2, 0) is 10.2 Å². The van der Waals surface area contributed by atoms with Crippen molar-refractivity contribution in [3.8, 4) is 0 Å². The standard InChI is InChI=1S/C11H14ClNO2/c1-2-11(7-13,10(14)15)8-3-5-9(12)6-4-8/h3-6H,2,7,13H2,1H3,(H,14,15). The monoisotopic (exact) mass is 227 g/mol. The maximum Gasteiger partial charge on any atom is 0.315 e. The lowest BCUT2D eigenvalue weighted by Gasteiger charge is -2.26.